The first-order valence-corrected chi connectivity index (χ1v) is 9.54. The largest absolute Gasteiger partial charge is 0.508 e. The fourth-order valence-electron chi connectivity index (χ4n) is 3.61. The maximum Gasteiger partial charge on any atom is 0.115 e. The molecule has 0 bridgehead atoms. The summed E-state index contributed by atoms with van der Waals surface area (Å²) in [5.41, 5.74) is 3.93. The van der Waals surface area contributed by atoms with Crippen LogP contribution in [0.3, 0.4) is 0 Å². The second-order valence-corrected chi connectivity index (χ2v) is 7.42. The molecule has 1 unspecified atom stereocenters. The Balaban J connectivity index is 0.00000196. The van der Waals surface area contributed by atoms with E-state index >= 15 is 0 Å². The van der Waals surface area contributed by atoms with E-state index in [4.69, 9.17) is 0 Å². The van der Waals surface area contributed by atoms with Gasteiger partial charge in [0, 0.05) is 38.8 Å². The highest BCUT2D eigenvalue weighted by molar-refractivity contribution is 5.85. The van der Waals surface area contributed by atoms with Gasteiger partial charge in [-0.3, -0.25) is 9.80 Å². The minimum Gasteiger partial charge on any atom is -0.508 e. The maximum absolute atomic E-state index is 9.82. The van der Waals surface area contributed by atoms with Crippen LogP contribution >= 0.6 is 24.8 Å². The van der Waals surface area contributed by atoms with Gasteiger partial charge in [-0.1, -0.05) is 54.1 Å². The molecule has 0 aliphatic carbocycles. The average molecular weight is 423 g/mol. The molecule has 0 amide bonds. The van der Waals surface area contributed by atoms with Crippen LogP contribution in [0.5, 0.6) is 5.75 Å². The third-order valence-corrected chi connectivity index (χ3v) is 5.13. The Morgan fingerprint density at radius 3 is 2.25 bits per heavy atom. The van der Waals surface area contributed by atoms with Crippen LogP contribution in [0.25, 0.3) is 0 Å². The lowest BCUT2D eigenvalue weighted by molar-refractivity contribution is 0.102. The van der Waals surface area contributed by atoms with Crippen LogP contribution in [-0.2, 0) is 6.42 Å². The van der Waals surface area contributed by atoms with Gasteiger partial charge in [-0.25, -0.2) is 0 Å². The van der Waals surface area contributed by atoms with Crippen molar-refractivity contribution in [2.75, 3.05) is 32.7 Å². The zero-order valence-electron chi connectivity index (χ0n) is 16.8. The van der Waals surface area contributed by atoms with Crippen LogP contribution in [0.1, 0.15) is 31.0 Å². The molecule has 1 aliphatic heterocycles. The number of benzene rings is 2. The van der Waals surface area contributed by atoms with Crippen LogP contribution in [0.4, 0.5) is 0 Å². The highest BCUT2D eigenvalue weighted by Crippen LogP contribution is 2.27. The molecule has 0 aromatic heterocycles. The van der Waals surface area contributed by atoms with Gasteiger partial charge in [0.15, 0.2) is 0 Å². The molecule has 2 aromatic carbocycles. The van der Waals surface area contributed by atoms with E-state index < -0.39 is 0 Å². The van der Waals surface area contributed by atoms with Crippen molar-refractivity contribution in [1.29, 1.82) is 0 Å². The topological polar surface area (TPSA) is 26.7 Å². The van der Waals surface area contributed by atoms with Crippen molar-refractivity contribution in [3.63, 3.8) is 0 Å². The van der Waals surface area contributed by atoms with Crippen molar-refractivity contribution < 1.29 is 5.11 Å². The Labute approximate surface area is 181 Å². The van der Waals surface area contributed by atoms with Gasteiger partial charge in [0.05, 0.1) is 0 Å². The third-order valence-electron chi connectivity index (χ3n) is 5.13. The normalized spacial score (nSPS) is 15.8. The summed E-state index contributed by atoms with van der Waals surface area (Å²) >= 11 is 0. The van der Waals surface area contributed by atoms with E-state index in [2.05, 4.69) is 66.1 Å². The standard InChI is InChI=1S/C23H30N2O.2ClH/c1-19(2)11-12-24-13-15-25(16-14-24)23(21-8-4-3-5-9-21)18-20-7-6-10-22(26)17-20;;/h3-11,17,23,26H,12-16,18H2,1-2H3;2*1H. The molecule has 28 heavy (non-hydrogen) atoms. The number of hydrogen-bond donors (Lipinski definition) is 1. The number of halogens is 2. The molecular formula is C23H32Cl2N2O. The molecule has 1 atom stereocenters. The second-order valence-electron chi connectivity index (χ2n) is 7.42. The van der Waals surface area contributed by atoms with E-state index in [9.17, 15) is 5.11 Å². The lowest BCUT2D eigenvalue weighted by atomic mass is 9.96. The second kappa shape index (κ2) is 12.1. The molecule has 2 aromatic rings. The van der Waals surface area contributed by atoms with Gasteiger partial charge in [-0.05, 0) is 43.5 Å². The number of phenols is 1. The zero-order chi connectivity index (χ0) is 18.4. The van der Waals surface area contributed by atoms with E-state index in [-0.39, 0.29) is 24.8 Å². The zero-order valence-corrected chi connectivity index (χ0v) is 18.4. The fraction of sp³-hybridized carbons (Fsp3) is 0.391. The SMILES string of the molecule is CC(C)=CCN1CCN(C(Cc2cccc(O)c2)c2ccccc2)CC1.Cl.Cl. The van der Waals surface area contributed by atoms with Gasteiger partial charge in [-0.2, -0.15) is 0 Å². The molecule has 1 fully saturated rings. The fourth-order valence-corrected chi connectivity index (χ4v) is 3.61. The number of hydrogen-bond acceptors (Lipinski definition) is 3. The van der Waals surface area contributed by atoms with Crippen LogP contribution in [0, 0.1) is 0 Å². The molecular weight excluding hydrogens is 391 g/mol. The van der Waals surface area contributed by atoms with E-state index in [0.717, 1.165) is 39.1 Å². The summed E-state index contributed by atoms with van der Waals surface area (Å²) in [6.07, 6.45) is 3.24. The lowest BCUT2D eigenvalue weighted by Crippen LogP contribution is -2.48. The summed E-state index contributed by atoms with van der Waals surface area (Å²) in [5.74, 6) is 0.348. The first-order valence-electron chi connectivity index (χ1n) is 9.54. The molecule has 1 heterocycles. The predicted octanol–water partition coefficient (Wildman–Crippen LogP) is 5.10. The molecule has 154 valence electrons. The van der Waals surface area contributed by atoms with Crippen molar-refractivity contribution in [1.82, 2.24) is 9.80 Å². The van der Waals surface area contributed by atoms with Crippen LogP contribution in [0.2, 0.25) is 0 Å². The Hall–Kier alpha value is -1.52. The average Bonchev–Trinajstić information content (AvgIpc) is 2.66. The summed E-state index contributed by atoms with van der Waals surface area (Å²) in [6.45, 7) is 9.75. The molecule has 0 saturated carbocycles. The minimum atomic E-state index is 0. The van der Waals surface area contributed by atoms with Crippen molar-refractivity contribution in [3.8, 4) is 5.75 Å². The highest BCUT2D eigenvalue weighted by atomic mass is 35.5. The minimum absolute atomic E-state index is 0. The van der Waals surface area contributed by atoms with Gasteiger partial charge in [0.1, 0.15) is 5.75 Å². The van der Waals surface area contributed by atoms with E-state index in [0.29, 0.717) is 11.8 Å². The first-order chi connectivity index (χ1) is 12.6. The Morgan fingerprint density at radius 1 is 0.964 bits per heavy atom. The van der Waals surface area contributed by atoms with Crippen molar-refractivity contribution in [3.05, 3.63) is 77.4 Å². The molecule has 3 rings (SSSR count). The summed E-state index contributed by atoms with van der Waals surface area (Å²) < 4.78 is 0. The number of allylic oxidation sites excluding steroid dienone is 1. The Kier molecular flexibility index (Phi) is 10.6. The molecule has 1 aliphatic rings. The summed E-state index contributed by atoms with van der Waals surface area (Å²) in [7, 11) is 0. The number of aromatic hydroxyl groups is 1. The number of phenolic OH excluding ortho intramolecular Hbond substituents is 1. The summed E-state index contributed by atoms with van der Waals surface area (Å²) in [5, 5.41) is 9.82. The molecule has 5 heteroatoms. The Bertz CT molecular complexity index is 724. The van der Waals surface area contributed by atoms with Crippen LogP contribution in [0.15, 0.2) is 66.2 Å². The summed E-state index contributed by atoms with van der Waals surface area (Å²) in [4.78, 5) is 5.12. The van der Waals surface area contributed by atoms with Crippen molar-refractivity contribution in [2.45, 2.75) is 26.3 Å². The molecule has 3 nitrogen and oxygen atoms in total. The first kappa shape index (κ1) is 24.5. The molecule has 1 saturated heterocycles. The van der Waals surface area contributed by atoms with Gasteiger partial charge in [-0.15, -0.1) is 24.8 Å². The van der Waals surface area contributed by atoms with E-state index in [1.807, 2.05) is 12.1 Å². The van der Waals surface area contributed by atoms with Gasteiger partial charge in [0.2, 0.25) is 0 Å². The maximum atomic E-state index is 9.82. The van der Waals surface area contributed by atoms with Gasteiger partial charge < -0.3 is 5.11 Å². The van der Waals surface area contributed by atoms with Crippen molar-refractivity contribution in [2.24, 2.45) is 0 Å². The highest BCUT2D eigenvalue weighted by Gasteiger charge is 2.25. The predicted molar refractivity (Wildman–Crippen MR) is 123 cm³/mol. The quantitative estimate of drug-likeness (QED) is 0.655. The molecule has 1 N–H and O–H groups in total. The smallest absolute Gasteiger partial charge is 0.115 e. The van der Waals surface area contributed by atoms with Crippen molar-refractivity contribution >= 4 is 24.8 Å². The third kappa shape index (κ3) is 7.14. The lowest BCUT2D eigenvalue weighted by Gasteiger charge is -2.39. The Morgan fingerprint density at radius 2 is 1.64 bits per heavy atom. The van der Waals surface area contributed by atoms with E-state index in [1.54, 1.807) is 6.07 Å². The number of nitrogens with zero attached hydrogens (tertiary/aromatic N) is 2. The van der Waals surface area contributed by atoms with E-state index in [1.165, 1.54) is 16.7 Å². The van der Waals surface area contributed by atoms with Crippen LogP contribution < -0.4 is 0 Å². The monoisotopic (exact) mass is 422 g/mol. The van der Waals surface area contributed by atoms with Crippen LogP contribution in [-0.4, -0.2) is 47.6 Å². The number of piperazine rings is 1. The molecule has 0 radical (unpaired) electrons. The molecule has 0 spiro atoms. The summed E-state index contributed by atoms with van der Waals surface area (Å²) in [6, 6.07) is 18.8. The van der Waals surface area contributed by atoms with Gasteiger partial charge >= 0.3 is 0 Å². The van der Waals surface area contributed by atoms with Gasteiger partial charge in [0.25, 0.3) is 0 Å². The number of rotatable bonds is 6.